The summed E-state index contributed by atoms with van der Waals surface area (Å²) in [5, 5.41) is 9.35. The molecule has 0 spiro atoms. The average molecular weight is 531 g/mol. The molecule has 0 radical (unpaired) electrons. The molecule has 1 aliphatic rings. The maximum Gasteiger partial charge on any atom is 0.229 e. The number of sulfone groups is 1. The summed E-state index contributed by atoms with van der Waals surface area (Å²) in [4.78, 5) is 11.3. The minimum absolute atomic E-state index is 0.185. The monoisotopic (exact) mass is 530 g/mol. The van der Waals surface area contributed by atoms with Crippen LogP contribution >= 0.6 is 11.6 Å². The van der Waals surface area contributed by atoms with Crippen molar-refractivity contribution in [1.82, 2.24) is 15.3 Å². The molecule has 0 amide bonds. The number of halogens is 1. The van der Waals surface area contributed by atoms with Gasteiger partial charge in [-0.3, -0.25) is 0 Å². The number of rotatable bonds is 8. The highest BCUT2D eigenvalue weighted by molar-refractivity contribution is 7.92. The number of aryl methyl sites for hydroxylation is 1. The first-order chi connectivity index (χ1) is 17.2. The third kappa shape index (κ3) is 5.50. The summed E-state index contributed by atoms with van der Waals surface area (Å²) >= 11 is 6.37. The standard InChI is InChI=1S/C25H31ClN6O3S/c1-16(2)36(33,34)23-8-6-5-7-19(23)29-24-18(26)15-28-25(31-24)30-20-13-17(3)21(14-22(20)35-4)32-11-9-27-10-12-32/h5-8,13-16,27H,9-12H2,1-4H3,(H2,28,29,30,31). The summed E-state index contributed by atoms with van der Waals surface area (Å²) in [6.07, 6.45) is 1.47. The minimum atomic E-state index is -3.52. The lowest BCUT2D eigenvalue weighted by atomic mass is 10.1. The predicted molar refractivity (Wildman–Crippen MR) is 145 cm³/mol. The van der Waals surface area contributed by atoms with Crippen LogP contribution in [-0.2, 0) is 9.84 Å². The number of hydrogen-bond acceptors (Lipinski definition) is 9. The first-order valence-electron chi connectivity index (χ1n) is 11.7. The van der Waals surface area contributed by atoms with Crippen molar-refractivity contribution in [1.29, 1.82) is 0 Å². The number of para-hydroxylation sites is 1. The van der Waals surface area contributed by atoms with Gasteiger partial charge in [0.2, 0.25) is 5.95 Å². The molecular weight excluding hydrogens is 500 g/mol. The number of hydrogen-bond donors (Lipinski definition) is 3. The Bertz CT molecular complexity index is 1340. The minimum Gasteiger partial charge on any atom is -0.494 e. The van der Waals surface area contributed by atoms with E-state index < -0.39 is 15.1 Å². The smallest absolute Gasteiger partial charge is 0.229 e. The van der Waals surface area contributed by atoms with E-state index in [1.54, 1.807) is 45.2 Å². The summed E-state index contributed by atoms with van der Waals surface area (Å²) in [6.45, 7) is 9.10. The predicted octanol–water partition coefficient (Wildman–Crippen LogP) is 4.53. The molecule has 2 heterocycles. The van der Waals surface area contributed by atoms with E-state index in [9.17, 15) is 8.42 Å². The van der Waals surface area contributed by atoms with Gasteiger partial charge in [-0.25, -0.2) is 13.4 Å². The van der Waals surface area contributed by atoms with Gasteiger partial charge >= 0.3 is 0 Å². The van der Waals surface area contributed by atoms with Crippen molar-refractivity contribution < 1.29 is 13.2 Å². The van der Waals surface area contributed by atoms with E-state index >= 15 is 0 Å². The molecule has 192 valence electrons. The Labute approximate surface area is 217 Å². The second-order valence-electron chi connectivity index (χ2n) is 8.81. The van der Waals surface area contributed by atoms with Crippen LogP contribution in [0.15, 0.2) is 47.5 Å². The molecule has 4 rings (SSSR count). The second-order valence-corrected chi connectivity index (χ2v) is 11.7. The third-order valence-electron chi connectivity index (χ3n) is 6.03. The summed E-state index contributed by atoms with van der Waals surface area (Å²) in [5.74, 6) is 1.24. The lowest BCUT2D eigenvalue weighted by Crippen LogP contribution is -2.43. The number of piperazine rings is 1. The molecule has 1 saturated heterocycles. The van der Waals surface area contributed by atoms with E-state index in [2.05, 4.69) is 37.7 Å². The number of nitrogens with one attached hydrogen (secondary N) is 3. The zero-order valence-electron chi connectivity index (χ0n) is 20.8. The lowest BCUT2D eigenvalue weighted by Gasteiger charge is -2.31. The van der Waals surface area contributed by atoms with Crippen LogP contribution in [0.2, 0.25) is 5.02 Å². The van der Waals surface area contributed by atoms with Gasteiger partial charge < -0.3 is 25.6 Å². The van der Waals surface area contributed by atoms with Crippen molar-refractivity contribution in [2.75, 3.05) is 48.8 Å². The highest BCUT2D eigenvalue weighted by Gasteiger charge is 2.23. The first kappa shape index (κ1) is 26.0. The van der Waals surface area contributed by atoms with Crippen molar-refractivity contribution in [3.05, 3.63) is 53.2 Å². The lowest BCUT2D eigenvalue weighted by molar-refractivity contribution is 0.416. The maximum absolute atomic E-state index is 12.8. The van der Waals surface area contributed by atoms with Gasteiger partial charge in [-0.2, -0.15) is 4.98 Å². The number of nitrogens with zero attached hydrogens (tertiary/aromatic N) is 3. The SMILES string of the molecule is COc1cc(N2CCNCC2)c(C)cc1Nc1ncc(Cl)c(Nc2ccccc2S(=O)(=O)C(C)C)n1. The Balaban J connectivity index is 1.63. The quantitative estimate of drug-likeness (QED) is 0.387. The van der Waals surface area contributed by atoms with Gasteiger partial charge in [-0.05, 0) is 44.5 Å². The molecule has 11 heteroatoms. The zero-order valence-corrected chi connectivity index (χ0v) is 22.4. The van der Waals surface area contributed by atoms with Crippen LogP contribution in [0.1, 0.15) is 19.4 Å². The van der Waals surface area contributed by atoms with E-state index in [1.807, 2.05) is 12.1 Å². The Morgan fingerprint density at radius 1 is 1.11 bits per heavy atom. The molecule has 0 atom stereocenters. The molecule has 0 aliphatic carbocycles. The highest BCUT2D eigenvalue weighted by atomic mass is 35.5. The number of aromatic nitrogens is 2. The fraction of sp³-hybridized carbons (Fsp3) is 0.360. The van der Waals surface area contributed by atoms with Crippen LogP contribution in [0.25, 0.3) is 0 Å². The molecule has 0 bridgehead atoms. The number of ether oxygens (including phenoxy) is 1. The van der Waals surface area contributed by atoms with Gasteiger partial charge in [0.05, 0.1) is 34.8 Å². The second kappa shape index (κ2) is 10.9. The van der Waals surface area contributed by atoms with Crippen molar-refractivity contribution in [2.24, 2.45) is 0 Å². The molecule has 36 heavy (non-hydrogen) atoms. The zero-order chi connectivity index (χ0) is 25.9. The molecule has 1 aromatic heterocycles. The summed E-state index contributed by atoms with van der Waals surface area (Å²) in [6, 6.07) is 10.7. The fourth-order valence-electron chi connectivity index (χ4n) is 4.03. The van der Waals surface area contributed by atoms with Crippen molar-refractivity contribution in [2.45, 2.75) is 30.9 Å². The molecule has 0 saturated carbocycles. The van der Waals surface area contributed by atoms with Crippen molar-refractivity contribution >= 4 is 50.3 Å². The molecule has 1 aliphatic heterocycles. The molecular formula is C25H31ClN6O3S. The molecule has 9 nitrogen and oxygen atoms in total. The largest absolute Gasteiger partial charge is 0.494 e. The summed E-state index contributed by atoms with van der Waals surface area (Å²) < 4.78 is 31.3. The Kier molecular flexibility index (Phi) is 7.87. The van der Waals surface area contributed by atoms with Gasteiger partial charge in [0, 0.05) is 37.9 Å². The van der Waals surface area contributed by atoms with E-state index in [-0.39, 0.29) is 15.7 Å². The molecule has 3 N–H and O–H groups in total. The van der Waals surface area contributed by atoms with Gasteiger partial charge in [0.15, 0.2) is 15.7 Å². The van der Waals surface area contributed by atoms with Gasteiger partial charge in [-0.1, -0.05) is 23.7 Å². The van der Waals surface area contributed by atoms with Crippen LogP contribution in [-0.4, -0.2) is 56.9 Å². The van der Waals surface area contributed by atoms with Crippen LogP contribution in [0.5, 0.6) is 5.75 Å². The average Bonchev–Trinajstić information content (AvgIpc) is 2.87. The summed E-state index contributed by atoms with van der Waals surface area (Å²) in [5.41, 5.74) is 3.33. The van der Waals surface area contributed by atoms with E-state index in [1.165, 1.54) is 6.20 Å². The Morgan fingerprint density at radius 2 is 1.83 bits per heavy atom. The first-order valence-corrected chi connectivity index (χ1v) is 13.7. The topological polar surface area (TPSA) is 108 Å². The summed E-state index contributed by atoms with van der Waals surface area (Å²) in [7, 11) is -1.89. The maximum atomic E-state index is 12.8. The molecule has 0 unspecified atom stereocenters. The van der Waals surface area contributed by atoms with E-state index in [0.29, 0.717) is 23.1 Å². The number of methoxy groups -OCH3 is 1. The van der Waals surface area contributed by atoms with Crippen molar-refractivity contribution in [3.8, 4) is 5.75 Å². The molecule has 1 fully saturated rings. The highest BCUT2D eigenvalue weighted by Crippen LogP contribution is 2.36. The van der Waals surface area contributed by atoms with Crippen LogP contribution in [0.4, 0.5) is 28.8 Å². The molecule has 2 aromatic carbocycles. The van der Waals surface area contributed by atoms with E-state index in [0.717, 1.165) is 37.4 Å². The number of anilines is 5. The van der Waals surface area contributed by atoms with E-state index in [4.69, 9.17) is 16.3 Å². The van der Waals surface area contributed by atoms with Crippen molar-refractivity contribution in [3.63, 3.8) is 0 Å². The molecule has 3 aromatic rings. The van der Waals surface area contributed by atoms with Gasteiger partial charge in [0.1, 0.15) is 10.8 Å². The van der Waals surface area contributed by atoms with Crippen LogP contribution in [0.3, 0.4) is 0 Å². The van der Waals surface area contributed by atoms with Crippen LogP contribution < -0.4 is 25.6 Å². The fourth-order valence-corrected chi connectivity index (χ4v) is 5.37. The normalized spacial score (nSPS) is 14.1. The third-order valence-corrected chi connectivity index (χ3v) is 8.52. The Morgan fingerprint density at radius 3 is 2.53 bits per heavy atom. The number of benzene rings is 2. The Hall–Kier alpha value is -3.08. The van der Waals surface area contributed by atoms with Gasteiger partial charge in [0.25, 0.3) is 0 Å². The van der Waals surface area contributed by atoms with Gasteiger partial charge in [-0.15, -0.1) is 0 Å². The van der Waals surface area contributed by atoms with Crippen LogP contribution in [0, 0.1) is 6.92 Å².